The summed E-state index contributed by atoms with van der Waals surface area (Å²) in [5, 5.41) is 6.85. The van der Waals surface area contributed by atoms with Crippen LogP contribution < -0.4 is 10.6 Å². The maximum atomic E-state index is 13.5. The molecule has 8 heteroatoms. The van der Waals surface area contributed by atoms with Gasteiger partial charge in [0.05, 0.1) is 6.61 Å². The van der Waals surface area contributed by atoms with Crippen molar-refractivity contribution in [2.45, 2.75) is 44.1 Å². The minimum Gasteiger partial charge on any atom is -0.450 e. The van der Waals surface area contributed by atoms with Crippen LogP contribution in [0.1, 0.15) is 38.2 Å². The molecule has 6 nitrogen and oxygen atoms in total. The maximum absolute atomic E-state index is 13.5. The molecule has 1 aliphatic carbocycles. The topological polar surface area (TPSA) is 66.0 Å². The van der Waals surface area contributed by atoms with E-state index in [-0.39, 0.29) is 47.3 Å². The van der Waals surface area contributed by atoms with Crippen LogP contribution in [0.3, 0.4) is 0 Å². The molecule has 28 heavy (non-hydrogen) atoms. The van der Waals surface area contributed by atoms with Crippen molar-refractivity contribution in [1.29, 1.82) is 0 Å². The van der Waals surface area contributed by atoms with Gasteiger partial charge in [-0.15, -0.1) is 24.0 Å². The maximum Gasteiger partial charge on any atom is 0.409 e. The van der Waals surface area contributed by atoms with Crippen molar-refractivity contribution >= 4 is 36.0 Å². The number of carbonyl (C=O) groups is 1. The summed E-state index contributed by atoms with van der Waals surface area (Å²) in [6.07, 6.45) is 3.59. The fourth-order valence-corrected chi connectivity index (χ4v) is 3.60. The first-order valence-corrected chi connectivity index (χ1v) is 9.71. The lowest BCUT2D eigenvalue weighted by Crippen LogP contribution is -2.50. The number of benzene rings is 1. The van der Waals surface area contributed by atoms with Crippen LogP contribution in [0.25, 0.3) is 0 Å². The van der Waals surface area contributed by atoms with Crippen molar-refractivity contribution in [2.75, 3.05) is 33.3 Å². The summed E-state index contributed by atoms with van der Waals surface area (Å²) in [4.78, 5) is 17.9. The van der Waals surface area contributed by atoms with Gasteiger partial charge in [-0.25, -0.2) is 9.18 Å². The molecule has 0 aromatic heterocycles. The Morgan fingerprint density at radius 1 is 1.36 bits per heavy atom. The Morgan fingerprint density at radius 2 is 2.07 bits per heavy atom. The van der Waals surface area contributed by atoms with E-state index in [1.807, 2.05) is 13.0 Å². The molecule has 0 atom stereocenters. The molecule has 1 aromatic carbocycles. The first kappa shape index (κ1) is 22.7. The largest absolute Gasteiger partial charge is 0.450 e. The van der Waals surface area contributed by atoms with Crippen molar-refractivity contribution in [2.24, 2.45) is 4.99 Å². The second kappa shape index (κ2) is 10.3. The zero-order chi connectivity index (χ0) is 19.3. The van der Waals surface area contributed by atoms with E-state index in [1.165, 1.54) is 6.07 Å². The lowest BCUT2D eigenvalue weighted by atomic mass is 9.96. The molecule has 1 heterocycles. The van der Waals surface area contributed by atoms with Crippen LogP contribution in [-0.2, 0) is 10.2 Å². The summed E-state index contributed by atoms with van der Waals surface area (Å²) >= 11 is 0. The van der Waals surface area contributed by atoms with E-state index in [0.717, 1.165) is 43.8 Å². The number of carbonyl (C=O) groups excluding carboxylic acids is 1. The fourth-order valence-electron chi connectivity index (χ4n) is 3.60. The molecule has 0 radical (unpaired) electrons. The Balaban J connectivity index is 0.00000280. The molecule has 156 valence electrons. The smallest absolute Gasteiger partial charge is 0.409 e. The lowest BCUT2D eigenvalue weighted by molar-refractivity contribution is 0.0963. The molecule has 0 bridgehead atoms. The van der Waals surface area contributed by atoms with Gasteiger partial charge in [-0.3, -0.25) is 4.99 Å². The van der Waals surface area contributed by atoms with Gasteiger partial charge in [0.2, 0.25) is 0 Å². The molecule has 0 unspecified atom stereocenters. The highest BCUT2D eigenvalue weighted by atomic mass is 127. The Bertz CT molecular complexity index is 689. The summed E-state index contributed by atoms with van der Waals surface area (Å²) in [7, 11) is 1.75. The third kappa shape index (κ3) is 5.71. The van der Waals surface area contributed by atoms with Gasteiger partial charge in [0.15, 0.2) is 5.96 Å². The third-order valence-corrected chi connectivity index (χ3v) is 5.47. The number of ether oxygens (including phenoxy) is 1. The molecule has 2 aliphatic rings. The van der Waals surface area contributed by atoms with Gasteiger partial charge in [-0.05, 0) is 50.3 Å². The summed E-state index contributed by atoms with van der Waals surface area (Å²) in [5.41, 5.74) is 1.06. The van der Waals surface area contributed by atoms with Crippen molar-refractivity contribution < 1.29 is 13.9 Å². The van der Waals surface area contributed by atoms with E-state index in [2.05, 4.69) is 15.6 Å². The van der Waals surface area contributed by atoms with Crippen LogP contribution >= 0.6 is 24.0 Å². The summed E-state index contributed by atoms with van der Waals surface area (Å²) < 4.78 is 18.6. The molecule has 3 rings (SSSR count). The number of nitrogens with one attached hydrogen (secondary N) is 2. The second-order valence-electron chi connectivity index (χ2n) is 7.32. The van der Waals surface area contributed by atoms with Crippen LogP contribution in [0.4, 0.5) is 9.18 Å². The van der Waals surface area contributed by atoms with Gasteiger partial charge in [0.1, 0.15) is 5.82 Å². The number of rotatable bonds is 5. The van der Waals surface area contributed by atoms with Gasteiger partial charge < -0.3 is 20.3 Å². The SMILES string of the molecule is CCOC(=O)N1CCC(NC(=NC)NCC2(c3cccc(F)c3)CC2)CC1.I. The van der Waals surface area contributed by atoms with Gasteiger partial charge in [0, 0.05) is 38.1 Å². The third-order valence-electron chi connectivity index (χ3n) is 5.47. The standard InChI is InChI=1S/C20H29FN4O2.HI/c1-3-27-19(26)25-11-7-17(8-12-25)24-18(22-2)23-14-20(9-10-20)15-5-4-6-16(21)13-15;/h4-6,13,17H,3,7-12,14H2,1-2H3,(H2,22,23,24);1H. The minimum atomic E-state index is -0.232. The van der Waals surface area contributed by atoms with Gasteiger partial charge in [-0.2, -0.15) is 0 Å². The lowest BCUT2D eigenvalue weighted by Gasteiger charge is -2.32. The molecule has 1 saturated carbocycles. The van der Waals surface area contributed by atoms with E-state index in [4.69, 9.17) is 4.74 Å². The average Bonchev–Trinajstić information content (AvgIpc) is 3.47. The predicted octanol–water partition coefficient (Wildman–Crippen LogP) is 3.26. The molecule has 1 saturated heterocycles. The zero-order valence-electron chi connectivity index (χ0n) is 16.5. The van der Waals surface area contributed by atoms with E-state index in [9.17, 15) is 9.18 Å². The van der Waals surface area contributed by atoms with E-state index in [1.54, 1.807) is 24.1 Å². The van der Waals surface area contributed by atoms with E-state index >= 15 is 0 Å². The Morgan fingerprint density at radius 3 is 2.64 bits per heavy atom. The molecular formula is C20H30FIN4O2. The first-order chi connectivity index (χ1) is 13.1. The van der Waals surface area contributed by atoms with Crippen molar-refractivity contribution in [3.63, 3.8) is 0 Å². The number of hydrogen-bond donors (Lipinski definition) is 2. The molecule has 0 spiro atoms. The van der Waals surface area contributed by atoms with Crippen molar-refractivity contribution in [3.8, 4) is 0 Å². The summed E-state index contributed by atoms with van der Waals surface area (Å²) in [6, 6.07) is 7.16. The minimum absolute atomic E-state index is 0. The van der Waals surface area contributed by atoms with Crippen LogP contribution in [0.5, 0.6) is 0 Å². The molecule has 2 N–H and O–H groups in total. The number of hydrogen-bond acceptors (Lipinski definition) is 3. The number of halogens is 2. The molecule has 2 fully saturated rings. The number of amides is 1. The zero-order valence-corrected chi connectivity index (χ0v) is 18.9. The van der Waals surface area contributed by atoms with Crippen molar-refractivity contribution in [1.82, 2.24) is 15.5 Å². The molecule has 1 aromatic rings. The Kier molecular flexibility index (Phi) is 8.33. The first-order valence-electron chi connectivity index (χ1n) is 9.71. The normalized spacial score (nSPS) is 18.8. The number of guanidine groups is 1. The van der Waals surface area contributed by atoms with Crippen LogP contribution in [-0.4, -0.2) is 56.3 Å². The average molecular weight is 504 g/mol. The van der Waals surface area contributed by atoms with Crippen molar-refractivity contribution in [3.05, 3.63) is 35.6 Å². The van der Waals surface area contributed by atoms with Gasteiger partial charge in [-0.1, -0.05) is 12.1 Å². The van der Waals surface area contributed by atoms with E-state index < -0.39 is 0 Å². The van der Waals surface area contributed by atoms with Gasteiger partial charge >= 0.3 is 6.09 Å². The Hall–Kier alpha value is -1.58. The second-order valence-corrected chi connectivity index (χ2v) is 7.32. The molecule has 1 amide bonds. The fraction of sp³-hybridized carbons (Fsp3) is 0.600. The number of nitrogens with zero attached hydrogens (tertiary/aromatic N) is 2. The Labute approximate surface area is 183 Å². The molecular weight excluding hydrogens is 474 g/mol. The molecule has 1 aliphatic heterocycles. The highest BCUT2D eigenvalue weighted by Crippen LogP contribution is 2.47. The van der Waals surface area contributed by atoms with Crippen LogP contribution in [0.15, 0.2) is 29.3 Å². The highest BCUT2D eigenvalue weighted by Gasteiger charge is 2.44. The monoisotopic (exact) mass is 504 g/mol. The van der Waals surface area contributed by atoms with Crippen LogP contribution in [0, 0.1) is 5.82 Å². The summed E-state index contributed by atoms with van der Waals surface area (Å²) in [6.45, 7) is 4.32. The van der Waals surface area contributed by atoms with Crippen LogP contribution in [0.2, 0.25) is 0 Å². The highest BCUT2D eigenvalue weighted by molar-refractivity contribution is 14.0. The number of piperidine rings is 1. The quantitative estimate of drug-likeness (QED) is 0.367. The number of aliphatic imine (C=N–C) groups is 1. The predicted molar refractivity (Wildman–Crippen MR) is 119 cm³/mol. The van der Waals surface area contributed by atoms with Gasteiger partial charge in [0.25, 0.3) is 0 Å². The van der Waals surface area contributed by atoms with E-state index in [0.29, 0.717) is 19.7 Å². The summed E-state index contributed by atoms with van der Waals surface area (Å²) in [5.74, 6) is 0.571. The number of likely N-dealkylation sites (tertiary alicyclic amines) is 1.